The van der Waals surface area contributed by atoms with Gasteiger partial charge in [-0.1, -0.05) is 90.4 Å². The van der Waals surface area contributed by atoms with Crippen molar-refractivity contribution in [3.8, 4) is 0 Å². The number of carboxylic acid groups (broad SMARTS) is 1. The number of fused-ring (bicyclic) bond motifs is 5. The van der Waals surface area contributed by atoms with E-state index in [0.717, 1.165) is 0 Å². The molecule has 27 atom stereocenters. The molecular weight excluding hydrogens is 1420 g/mol. The number of aliphatic imine (C=N–C) groups is 1. The number of nitrogens with zero attached hydrogens (tertiary/aromatic N) is 4. The van der Waals surface area contributed by atoms with Gasteiger partial charge in [-0.15, -0.1) is 0 Å². The molecule has 1 aromatic carbocycles. The fourth-order valence-electron chi connectivity index (χ4n) is 19.5. The van der Waals surface area contributed by atoms with Gasteiger partial charge in [-0.05, 0) is 174 Å². The first-order valence-electron chi connectivity index (χ1n) is 39.7. The van der Waals surface area contributed by atoms with Gasteiger partial charge < -0.3 is 85.0 Å². The predicted molar refractivity (Wildman–Crippen MR) is 407 cm³/mol. The molecule has 5 amide bonds. The number of nitrogens with one attached hydrogen (secondary N) is 4. The Morgan fingerprint density at radius 3 is 2.19 bits per heavy atom. The molecule has 3 saturated carbocycles. The minimum Gasteiger partial charge on any atom is -0.480 e. The summed E-state index contributed by atoms with van der Waals surface area (Å²) in [5.74, 6) is -9.38. The lowest BCUT2D eigenvalue weighted by Gasteiger charge is -2.61. The third-order valence-corrected chi connectivity index (χ3v) is 25.6. The normalized spacial score (nSPS) is 39.7. The molecule has 11 N–H and O–H groups in total. The van der Waals surface area contributed by atoms with E-state index in [2.05, 4.69) is 26.3 Å². The maximum Gasteiger partial charge on any atom is 0.325 e. The average Bonchev–Trinajstić information content (AvgIpc) is 1.35. The average molecular weight is 1550 g/mol. The van der Waals surface area contributed by atoms with E-state index in [4.69, 9.17) is 28.4 Å². The van der Waals surface area contributed by atoms with Crippen molar-refractivity contribution in [3.05, 3.63) is 59.7 Å². The number of alkyl halides is 1. The molecule has 21 unspecified atom stereocenters. The van der Waals surface area contributed by atoms with E-state index in [9.17, 15) is 64.5 Å². The van der Waals surface area contributed by atoms with E-state index in [1.54, 1.807) is 91.8 Å². The number of cyclic esters (lactones) is 1. The van der Waals surface area contributed by atoms with E-state index in [1.807, 2.05) is 65.4 Å². The van der Waals surface area contributed by atoms with Gasteiger partial charge in [0, 0.05) is 81.4 Å². The highest BCUT2D eigenvalue weighted by atomic mass is 19.1. The minimum absolute atomic E-state index is 0.00263. The Kier molecular flexibility index (Phi) is 29.9. The van der Waals surface area contributed by atoms with Gasteiger partial charge in [-0.2, -0.15) is 0 Å². The van der Waals surface area contributed by atoms with Gasteiger partial charge in [0.05, 0.1) is 54.2 Å². The number of rotatable bonds is 23. The molecule has 110 heavy (non-hydrogen) atoms. The topological polar surface area (TPSA) is 387 Å². The summed E-state index contributed by atoms with van der Waals surface area (Å²) in [6.45, 7) is 25.1. The third kappa shape index (κ3) is 19.7. The molecular formula is C81H129FN8O20. The number of allylic oxidation sites excluding steroid dienone is 4. The molecule has 1 aromatic rings. The molecule has 0 spiro atoms. The summed E-state index contributed by atoms with van der Waals surface area (Å²) < 4.78 is 56.4. The predicted octanol–water partition coefficient (Wildman–Crippen LogP) is 5.35. The van der Waals surface area contributed by atoms with Gasteiger partial charge in [0.2, 0.25) is 17.8 Å². The first-order chi connectivity index (χ1) is 51.4. The third-order valence-electron chi connectivity index (χ3n) is 25.6. The summed E-state index contributed by atoms with van der Waals surface area (Å²) in [6.07, 6.45) is -5.97. The number of halogens is 1. The lowest BCUT2D eigenvalue weighted by atomic mass is 9.45. The van der Waals surface area contributed by atoms with Crippen molar-refractivity contribution in [2.75, 3.05) is 60.5 Å². The number of urea groups is 1. The van der Waals surface area contributed by atoms with Gasteiger partial charge >= 0.3 is 18.0 Å². The molecule has 6 fully saturated rings. The Morgan fingerprint density at radius 2 is 1.55 bits per heavy atom. The highest BCUT2D eigenvalue weighted by Crippen LogP contribution is 2.70. The van der Waals surface area contributed by atoms with Crippen LogP contribution in [0.5, 0.6) is 0 Å². The van der Waals surface area contributed by atoms with E-state index in [-0.39, 0.29) is 94.2 Å². The van der Waals surface area contributed by atoms with Crippen molar-refractivity contribution in [1.29, 1.82) is 0 Å². The molecule has 0 aromatic heterocycles. The second kappa shape index (κ2) is 36.7. The first kappa shape index (κ1) is 89.6. The van der Waals surface area contributed by atoms with Gasteiger partial charge in [-0.3, -0.25) is 43.9 Å². The maximum absolute atomic E-state index is 17.9. The first-order valence-corrected chi connectivity index (χ1v) is 39.7. The number of ketones is 1. The number of guanidine groups is 1. The number of hydrogen-bond acceptors (Lipinski definition) is 22. The van der Waals surface area contributed by atoms with E-state index in [0.29, 0.717) is 43.2 Å². The zero-order chi connectivity index (χ0) is 81.7. The lowest BCUT2D eigenvalue weighted by molar-refractivity contribution is -0.318. The molecule has 8 rings (SSSR count). The quantitative estimate of drug-likeness (QED) is 0.0284. The number of aliphatic hydroxyl groups excluding tert-OH is 4. The van der Waals surface area contributed by atoms with Crippen LogP contribution in [0.15, 0.2) is 59.1 Å². The van der Waals surface area contributed by atoms with E-state index >= 15 is 9.18 Å². The standard InChI is InChI=1S/C81H129FN8O20/c1-19-60-80(15,104)67(97)50(9)89(43-45(4)38-78(13,103)69(110-73-65(96)58(88(16)17)35-47(6)106-73)48(7)66(49(8)72(101)108-60)109-63-40-79(14,105-18)68(98)51(10)107-63)32-23-31-83-74(84-42-62(94)95)90(33-29-44(2)3)71(100)57(36-52-24-21-20-22-25-52)86-61(93)41-85-75(102)87-70(99)64-46(5)34-56-55-27-26-53-37-54(91)28-30-77(53,12)81(55,82)59(92)39-76(56,64)11/h20-22,24-25,28,30,37,44-51,55-60,63-69,73,92,96-98,103-104H,19,23,26-27,29,31-36,38-43H2,1-18H3,(H,83,84)(H,86,93)(H,94,95)(H2,85,87,99,102)/t45?,46-,47?,48?,49?,50?,51?,55?,56?,57?,58?,59+,60?,63?,64-,65?,66?,67?,68?,69?,73?,76+,77+,78?,79?,80?,81+/m1/s1. The number of esters is 1. The highest BCUT2D eigenvalue weighted by Gasteiger charge is 2.72. The number of carboxylic acids is 1. The Morgan fingerprint density at radius 1 is 0.873 bits per heavy atom. The number of carbonyl (C=O) groups excluding carboxylic acids is 6. The van der Waals surface area contributed by atoms with Crippen LogP contribution in [-0.4, -0.2) is 266 Å². The Bertz CT molecular complexity index is 3460. The zero-order valence-corrected chi connectivity index (χ0v) is 67.9. The summed E-state index contributed by atoms with van der Waals surface area (Å²) in [5.41, 5.74) is -8.06. The van der Waals surface area contributed by atoms with Crippen LogP contribution in [0.1, 0.15) is 174 Å². The maximum atomic E-state index is 17.9. The van der Waals surface area contributed by atoms with Crippen molar-refractivity contribution < 1.29 is 102 Å². The molecule has 3 aliphatic heterocycles. The summed E-state index contributed by atoms with van der Waals surface area (Å²) in [5, 5.41) is 94.5. The summed E-state index contributed by atoms with van der Waals surface area (Å²) >= 11 is 0. The summed E-state index contributed by atoms with van der Waals surface area (Å²) in [6, 6.07) is 5.17. The number of imide groups is 1. The number of benzene rings is 1. The fraction of sp³-hybridized carbons (Fsp3) is 0.778. The highest BCUT2D eigenvalue weighted by molar-refractivity contribution is 6.02. The van der Waals surface area contributed by atoms with E-state index < -0.39 is 197 Å². The van der Waals surface area contributed by atoms with Crippen LogP contribution in [0.4, 0.5) is 9.18 Å². The molecule has 28 nitrogen and oxygen atoms in total. The Labute approximate surface area is 648 Å². The number of aliphatic carboxylic acids is 1. The molecule has 4 aliphatic carbocycles. The molecule has 0 radical (unpaired) electrons. The molecule has 0 bridgehead atoms. The number of likely N-dealkylation sites (N-methyl/N-ethyl adjacent to an activating group) is 1. The minimum atomic E-state index is -2.12. The van der Waals surface area contributed by atoms with Crippen molar-refractivity contribution in [1.82, 2.24) is 36.0 Å². The number of methoxy groups -OCH3 is 1. The van der Waals surface area contributed by atoms with Crippen LogP contribution in [0.3, 0.4) is 0 Å². The van der Waals surface area contributed by atoms with Crippen LogP contribution < -0.4 is 21.3 Å². The molecule has 3 heterocycles. The number of ether oxygens (including phenoxy) is 6. The summed E-state index contributed by atoms with van der Waals surface area (Å²) in [7, 11) is 5.15. The molecule has 620 valence electrons. The number of aliphatic hydroxyl groups is 6. The van der Waals surface area contributed by atoms with Crippen LogP contribution >= 0.6 is 0 Å². The lowest BCUT2D eigenvalue weighted by Crippen LogP contribution is -2.67. The second-order valence-corrected chi connectivity index (χ2v) is 34.7. The number of carbonyl (C=O) groups is 7. The number of amides is 5. The van der Waals surface area contributed by atoms with Crippen LogP contribution in [-0.2, 0) is 63.6 Å². The van der Waals surface area contributed by atoms with Crippen LogP contribution in [0, 0.1) is 58.2 Å². The second-order valence-electron chi connectivity index (χ2n) is 34.7. The van der Waals surface area contributed by atoms with Crippen molar-refractivity contribution in [2.24, 2.45) is 63.2 Å². The SMILES string of the molecule is CCC1OC(=O)C(C)C(OC2CC(C)(OC)C(O)C(C)O2)C(C)C(OC2OC(C)CC(N(C)C)C2O)C(C)(O)CC(C)CN(CCCNC(=NCC(=O)O)N(CCC(C)C)C(=O)C(Cc2ccccc2)NC(=O)CNC(=O)NC(=O)[C@H]2[C@H](C)CC3C4CCC5=CC(=O)C=C[C@]5(C)[C@@]4(F)[C@@H](O)C[C@@]32C)C(C)C(O)C1(C)O. The largest absolute Gasteiger partial charge is 0.480 e. The van der Waals surface area contributed by atoms with E-state index in [1.165, 1.54) is 31.1 Å². The fourth-order valence-corrected chi connectivity index (χ4v) is 19.5. The Balaban J connectivity index is 1.02. The zero-order valence-electron chi connectivity index (χ0n) is 67.9. The smallest absolute Gasteiger partial charge is 0.325 e. The Hall–Kier alpha value is -5.93. The molecule has 3 saturated heterocycles. The van der Waals surface area contributed by atoms with Crippen LogP contribution in [0.2, 0.25) is 0 Å². The van der Waals surface area contributed by atoms with Gasteiger partial charge in [0.1, 0.15) is 42.6 Å². The van der Waals surface area contributed by atoms with Crippen molar-refractivity contribution in [3.63, 3.8) is 0 Å². The van der Waals surface area contributed by atoms with Crippen molar-refractivity contribution >= 4 is 47.4 Å². The monoisotopic (exact) mass is 1550 g/mol. The van der Waals surface area contributed by atoms with Crippen LogP contribution in [0.25, 0.3) is 0 Å². The summed E-state index contributed by atoms with van der Waals surface area (Å²) in [4.78, 5) is 107. The number of hydrogen-bond donors (Lipinski definition) is 11. The van der Waals surface area contributed by atoms with Crippen molar-refractivity contribution in [2.45, 2.75) is 283 Å². The van der Waals surface area contributed by atoms with Gasteiger partial charge in [0.15, 0.2) is 24.0 Å². The van der Waals surface area contributed by atoms with Gasteiger partial charge in [0.25, 0.3) is 5.91 Å². The molecule has 29 heteroatoms. The van der Waals surface area contributed by atoms with Gasteiger partial charge in [-0.25, -0.2) is 14.2 Å². The molecule has 7 aliphatic rings.